The Morgan fingerprint density at radius 1 is 1.47 bits per heavy atom. The van der Waals surface area contributed by atoms with Crippen LogP contribution >= 0.6 is 0 Å². The Morgan fingerprint density at radius 3 is 2.79 bits per heavy atom. The van der Waals surface area contributed by atoms with E-state index in [1.54, 1.807) is 31.0 Å². The van der Waals surface area contributed by atoms with Crippen molar-refractivity contribution in [1.82, 2.24) is 15.1 Å². The molecule has 0 saturated heterocycles. The van der Waals surface area contributed by atoms with E-state index in [9.17, 15) is 9.90 Å². The predicted molar refractivity (Wildman–Crippen MR) is 74.5 cm³/mol. The summed E-state index contributed by atoms with van der Waals surface area (Å²) < 4.78 is 1.64. The van der Waals surface area contributed by atoms with Gasteiger partial charge < -0.3 is 10.4 Å². The Bertz CT molecular complexity index is 399. The molecule has 0 saturated carbocycles. The molecule has 1 unspecified atom stereocenters. The molecule has 1 aromatic rings. The normalized spacial score (nSPS) is 14.1. The maximum absolute atomic E-state index is 11.6. The highest BCUT2D eigenvalue weighted by Crippen LogP contribution is 2.18. The fourth-order valence-corrected chi connectivity index (χ4v) is 1.87. The summed E-state index contributed by atoms with van der Waals surface area (Å²) in [5.74, 6) is 0.000248. The average molecular weight is 267 g/mol. The number of amides is 1. The van der Waals surface area contributed by atoms with Crippen LogP contribution in [0.3, 0.4) is 0 Å². The van der Waals surface area contributed by atoms with Gasteiger partial charge in [0.1, 0.15) is 5.60 Å². The maximum atomic E-state index is 11.6. The third-order valence-electron chi connectivity index (χ3n) is 3.21. The number of carbonyl (C=O) groups excluding carboxylic acids is 1. The van der Waals surface area contributed by atoms with E-state index in [1.807, 2.05) is 0 Å². The van der Waals surface area contributed by atoms with Gasteiger partial charge in [-0.05, 0) is 13.3 Å². The van der Waals surface area contributed by atoms with Crippen molar-refractivity contribution < 1.29 is 9.90 Å². The summed E-state index contributed by atoms with van der Waals surface area (Å²) >= 11 is 0. The Hall–Kier alpha value is -1.36. The minimum absolute atomic E-state index is 0.000248. The molecule has 0 aromatic carbocycles. The van der Waals surface area contributed by atoms with E-state index in [2.05, 4.69) is 17.3 Å². The zero-order chi connectivity index (χ0) is 14.3. The minimum atomic E-state index is -1.08. The van der Waals surface area contributed by atoms with Gasteiger partial charge in [0, 0.05) is 25.2 Å². The average Bonchev–Trinajstić information content (AvgIpc) is 2.80. The highest BCUT2D eigenvalue weighted by Gasteiger charge is 2.25. The van der Waals surface area contributed by atoms with Crippen LogP contribution in [-0.2, 0) is 17.4 Å². The molecule has 1 atom stereocenters. The molecule has 5 nitrogen and oxygen atoms in total. The smallest absolute Gasteiger partial charge is 0.220 e. The topological polar surface area (TPSA) is 67.2 Å². The molecule has 1 heterocycles. The molecule has 0 aliphatic rings. The monoisotopic (exact) mass is 267 g/mol. The molecule has 1 aromatic heterocycles. The quantitative estimate of drug-likeness (QED) is 0.705. The molecule has 5 heteroatoms. The second-order valence-corrected chi connectivity index (χ2v) is 5.26. The number of nitrogens with zero attached hydrogens (tertiary/aromatic N) is 2. The van der Waals surface area contributed by atoms with Gasteiger partial charge in [0.15, 0.2) is 0 Å². The third kappa shape index (κ3) is 5.42. The van der Waals surface area contributed by atoms with Crippen molar-refractivity contribution in [3.05, 3.63) is 18.0 Å². The summed E-state index contributed by atoms with van der Waals surface area (Å²) in [5.41, 5.74) is -0.367. The van der Waals surface area contributed by atoms with E-state index in [0.717, 1.165) is 19.3 Å². The summed E-state index contributed by atoms with van der Waals surface area (Å²) in [5, 5.41) is 17.1. The lowest BCUT2D eigenvalue weighted by molar-refractivity contribution is -0.122. The van der Waals surface area contributed by atoms with E-state index in [1.165, 1.54) is 6.42 Å². The third-order valence-corrected chi connectivity index (χ3v) is 3.21. The molecule has 0 radical (unpaired) electrons. The zero-order valence-electron chi connectivity index (χ0n) is 12.1. The van der Waals surface area contributed by atoms with Crippen LogP contribution in [0.5, 0.6) is 0 Å². The van der Waals surface area contributed by atoms with Crippen LogP contribution in [0.1, 0.15) is 51.5 Å². The molecule has 1 rings (SSSR count). The van der Waals surface area contributed by atoms with Gasteiger partial charge >= 0.3 is 0 Å². The number of aromatic nitrogens is 2. The van der Waals surface area contributed by atoms with Crippen molar-refractivity contribution in [1.29, 1.82) is 0 Å². The molecule has 2 N–H and O–H groups in total. The van der Waals surface area contributed by atoms with Crippen molar-refractivity contribution in [2.75, 3.05) is 6.54 Å². The van der Waals surface area contributed by atoms with Gasteiger partial charge in [-0.3, -0.25) is 9.48 Å². The lowest BCUT2D eigenvalue weighted by atomic mass is 9.99. The Labute approximate surface area is 115 Å². The van der Waals surface area contributed by atoms with Gasteiger partial charge in [-0.2, -0.15) is 5.10 Å². The number of carbonyl (C=O) groups is 1. The SMILES string of the molecule is CCCCCCC(=O)NCC(C)(O)c1cnn(C)c1. The Kier molecular flexibility index (Phi) is 6.02. The number of hydrogen-bond acceptors (Lipinski definition) is 3. The fourth-order valence-electron chi connectivity index (χ4n) is 1.87. The Balaban J connectivity index is 2.32. The largest absolute Gasteiger partial charge is 0.383 e. The van der Waals surface area contributed by atoms with Gasteiger partial charge in [-0.25, -0.2) is 0 Å². The number of aliphatic hydroxyl groups is 1. The maximum Gasteiger partial charge on any atom is 0.220 e. The van der Waals surface area contributed by atoms with E-state index in [-0.39, 0.29) is 12.5 Å². The standard InChI is InChI=1S/C14H25N3O2/c1-4-5-6-7-8-13(18)15-11-14(2,19)12-9-16-17(3)10-12/h9-10,19H,4-8,11H2,1-3H3,(H,15,18). The minimum Gasteiger partial charge on any atom is -0.383 e. The highest BCUT2D eigenvalue weighted by molar-refractivity contribution is 5.75. The number of rotatable bonds is 8. The molecule has 0 spiro atoms. The second-order valence-electron chi connectivity index (χ2n) is 5.26. The molecule has 0 fully saturated rings. The number of nitrogens with one attached hydrogen (secondary N) is 1. The number of aryl methyl sites for hydroxylation is 1. The van der Waals surface area contributed by atoms with Crippen molar-refractivity contribution in [2.24, 2.45) is 7.05 Å². The molecule has 19 heavy (non-hydrogen) atoms. The van der Waals surface area contributed by atoms with Crippen LogP contribution in [0.25, 0.3) is 0 Å². The van der Waals surface area contributed by atoms with Crippen molar-refractivity contribution in [3.8, 4) is 0 Å². The summed E-state index contributed by atoms with van der Waals surface area (Å²) in [6.45, 7) is 4.04. The van der Waals surface area contributed by atoms with Gasteiger partial charge in [0.2, 0.25) is 5.91 Å². The van der Waals surface area contributed by atoms with Crippen molar-refractivity contribution in [2.45, 2.75) is 51.6 Å². The molecule has 0 bridgehead atoms. The van der Waals surface area contributed by atoms with Crippen molar-refractivity contribution >= 4 is 5.91 Å². The summed E-state index contributed by atoms with van der Waals surface area (Å²) in [7, 11) is 1.80. The first-order valence-electron chi connectivity index (χ1n) is 6.94. The summed E-state index contributed by atoms with van der Waals surface area (Å²) in [6, 6.07) is 0. The van der Waals surface area contributed by atoms with E-state index < -0.39 is 5.60 Å². The Morgan fingerprint density at radius 2 is 2.21 bits per heavy atom. The summed E-state index contributed by atoms with van der Waals surface area (Å²) in [4.78, 5) is 11.6. The van der Waals surface area contributed by atoms with Gasteiger partial charge in [-0.1, -0.05) is 26.2 Å². The molecule has 108 valence electrons. The molecular formula is C14H25N3O2. The first kappa shape index (κ1) is 15.7. The fraction of sp³-hybridized carbons (Fsp3) is 0.714. The number of unbranched alkanes of at least 4 members (excludes halogenated alkanes) is 3. The van der Waals surface area contributed by atoms with E-state index in [0.29, 0.717) is 12.0 Å². The summed E-state index contributed by atoms with van der Waals surface area (Å²) in [6.07, 6.45) is 8.24. The molecule has 0 aliphatic heterocycles. The van der Waals surface area contributed by atoms with E-state index in [4.69, 9.17) is 0 Å². The molecule has 1 amide bonds. The zero-order valence-corrected chi connectivity index (χ0v) is 12.1. The second kappa shape index (κ2) is 7.28. The van der Waals surface area contributed by atoms with Gasteiger partial charge in [-0.15, -0.1) is 0 Å². The van der Waals surface area contributed by atoms with Crippen LogP contribution < -0.4 is 5.32 Å². The first-order valence-corrected chi connectivity index (χ1v) is 6.94. The highest BCUT2D eigenvalue weighted by atomic mass is 16.3. The predicted octanol–water partition coefficient (Wildman–Crippen LogP) is 1.71. The van der Waals surface area contributed by atoms with Crippen LogP contribution in [0.15, 0.2) is 12.4 Å². The number of hydrogen-bond donors (Lipinski definition) is 2. The molecule has 0 aliphatic carbocycles. The van der Waals surface area contributed by atoms with Crippen molar-refractivity contribution in [3.63, 3.8) is 0 Å². The van der Waals surface area contributed by atoms with Crippen LogP contribution in [0, 0.1) is 0 Å². The van der Waals surface area contributed by atoms with Gasteiger partial charge in [0.25, 0.3) is 0 Å². The lowest BCUT2D eigenvalue weighted by Crippen LogP contribution is -2.38. The lowest BCUT2D eigenvalue weighted by Gasteiger charge is -2.22. The van der Waals surface area contributed by atoms with E-state index >= 15 is 0 Å². The molecular weight excluding hydrogens is 242 g/mol. The van der Waals surface area contributed by atoms with Crippen LogP contribution in [0.2, 0.25) is 0 Å². The van der Waals surface area contributed by atoms with Gasteiger partial charge in [0.05, 0.1) is 12.7 Å². The first-order chi connectivity index (χ1) is 8.95. The van der Waals surface area contributed by atoms with Crippen LogP contribution in [0.4, 0.5) is 0 Å². The van der Waals surface area contributed by atoms with Crippen LogP contribution in [-0.4, -0.2) is 27.3 Å².